The molecule has 1 aromatic carbocycles. The first kappa shape index (κ1) is 12.3. The van der Waals surface area contributed by atoms with Crippen molar-refractivity contribution in [2.75, 3.05) is 0 Å². The van der Waals surface area contributed by atoms with Gasteiger partial charge in [0.2, 0.25) is 0 Å². The topological polar surface area (TPSA) is 29.5 Å². The SMILES string of the molecule is OCc1c(Br)ccc(OC(F)(F)F)c1F. The van der Waals surface area contributed by atoms with Crippen LogP contribution in [0.4, 0.5) is 17.6 Å². The standard InChI is InChI=1S/C8H5BrF4O2/c9-5-1-2-6(15-8(11,12)13)7(10)4(5)3-14/h1-2,14H,3H2. The highest BCUT2D eigenvalue weighted by Crippen LogP contribution is 2.31. The van der Waals surface area contributed by atoms with E-state index in [1.54, 1.807) is 0 Å². The zero-order valence-corrected chi connectivity index (χ0v) is 8.69. The number of ether oxygens (including phenoxy) is 1. The Morgan fingerprint density at radius 1 is 1.33 bits per heavy atom. The molecule has 0 amide bonds. The summed E-state index contributed by atoms with van der Waals surface area (Å²) in [6.07, 6.45) is -4.96. The van der Waals surface area contributed by atoms with Crippen LogP contribution in [-0.4, -0.2) is 11.5 Å². The molecule has 0 bridgehead atoms. The first-order valence-electron chi connectivity index (χ1n) is 3.68. The largest absolute Gasteiger partial charge is 0.573 e. The summed E-state index contributed by atoms with van der Waals surface area (Å²) < 4.78 is 52.2. The van der Waals surface area contributed by atoms with Gasteiger partial charge < -0.3 is 9.84 Å². The van der Waals surface area contributed by atoms with Crippen LogP contribution in [0.1, 0.15) is 5.56 Å². The molecule has 0 atom stereocenters. The predicted octanol–water partition coefficient (Wildman–Crippen LogP) is 2.98. The van der Waals surface area contributed by atoms with E-state index in [4.69, 9.17) is 5.11 Å². The number of hydrogen-bond acceptors (Lipinski definition) is 2. The van der Waals surface area contributed by atoms with Gasteiger partial charge in [-0.3, -0.25) is 0 Å². The maximum absolute atomic E-state index is 13.2. The number of benzene rings is 1. The van der Waals surface area contributed by atoms with Crippen molar-refractivity contribution in [3.05, 3.63) is 28.0 Å². The molecule has 0 heterocycles. The Morgan fingerprint density at radius 3 is 2.40 bits per heavy atom. The lowest BCUT2D eigenvalue weighted by molar-refractivity contribution is -0.275. The van der Waals surface area contributed by atoms with E-state index in [0.29, 0.717) is 0 Å². The van der Waals surface area contributed by atoms with E-state index in [-0.39, 0.29) is 10.0 Å². The van der Waals surface area contributed by atoms with Crippen LogP contribution in [0.15, 0.2) is 16.6 Å². The van der Waals surface area contributed by atoms with Gasteiger partial charge in [0.05, 0.1) is 6.61 Å². The molecule has 0 radical (unpaired) electrons. The van der Waals surface area contributed by atoms with Crippen molar-refractivity contribution >= 4 is 15.9 Å². The van der Waals surface area contributed by atoms with Gasteiger partial charge in [0.15, 0.2) is 11.6 Å². The lowest BCUT2D eigenvalue weighted by Crippen LogP contribution is -2.18. The Bertz CT molecular complexity index is 364. The fourth-order valence-electron chi connectivity index (χ4n) is 0.925. The number of aliphatic hydroxyl groups excluding tert-OH is 1. The molecule has 0 aromatic heterocycles. The van der Waals surface area contributed by atoms with E-state index in [9.17, 15) is 17.6 Å². The molecule has 0 saturated carbocycles. The van der Waals surface area contributed by atoms with E-state index >= 15 is 0 Å². The number of aliphatic hydroxyl groups is 1. The van der Waals surface area contributed by atoms with Gasteiger partial charge in [-0.25, -0.2) is 4.39 Å². The first-order valence-corrected chi connectivity index (χ1v) is 4.48. The van der Waals surface area contributed by atoms with Crippen molar-refractivity contribution in [2.45, 2.75) is 13.0 Å². The summed E-state index contributed by atoms with van der Waals surface area (Å²) in [6.45, 7) is -0.721. The Hall–Kier alpha value is -0.820. The summed E-state index contributed by atoms with van der Waals surface area (Å²) in [5.41, 5.74) is -0.281. The molecular weight excluding hydrogens is 284 g/mol. The third-order valence-corrected chi connectivity index (χ3v) is 2.28. The first-order chi connectivity index (χ1) is 6.85. The molecule has 2 nitrogen and oxygen atoms in total. The maximum atomic E-state index is 13.2. The quantitative estimate of drug-likeness (QED) is 0.848. The maximum Gasteiger partial charge on any atom is 0.573 e. The molecule has 0 unspecified atom stereocenters. The zero-order chi connectivity index (χ0) is 11.6. The van der Waals surface area contributed by atoms with Gasteiger partial charge in [-0.2, -0.15) is 0 Å². The van der Waals surface area contributed by atoms with Crippen LogP contribution >= 0.6 is 15.9 Å². The second-order valence-corrected chi connectivity index (χ2v) is 3.40. The predicted molar refractivity (Wildman–Crippen MR) is 46.7 cm³/mol. The van der Waals surface area contributed by atoms with E-state index < -0.39 is 24.5 Å². The van der Waals surface area contributed by atoms with Crippen molar-refractivity contribution in [1.29, 1.82) is 0 Å². The van der Waals surface area contributed by atoms with E-state index in [2.05, 4.69) is 20.7 Å². The summed E-state index contributed by atoms with van der Waals surface area (Å²) in [4.78, 5) is 0. The minimum Gasteiger partial charge on any atom is -0.403 e. The van der Waals surface area contributed by atoms with Gasteiger partial charge in [-0.1, -0.05) is 15.9 Å². The van der Waals surface area contributed by atoms with Crippen LogP contribution in [0.2, 0.25) is 0 Å². The van der Waals surface area contributed by atoms with Gasteiger partial charge >= 0.3 is 6.36 Å². The molecule has 84 valence electrons. The van der Waals surface area contributed by atoms with Crippen molar-refractivity contribution in [3.63, 3.8) is 0 Å². The van der Waals surface area contributed by atoms with Crippen molar-refractivity contribution in [2.24, 2.45) is 0 Å². The molecule has 0 aliphatic carbocycles. The molecule has 15 heavy (non-hydrogen) atoms. The highest BCUT2D eigenvalue weighted by molar-refractivity contribution is 9.10. The number of rotatable bonds is 2. The van der Waals surface area contributed by atoms with Crippen LogP contribution in [0.3, 0.4) is 0 Å². The highest BCUT2D eigenvalue weighted by Gasteiger charge is 2.33. The average Bonchev–Trinajstić information content (AvgIpc) is 2.09. The van der Waals surface area contributed by atoms with Crippen LogP contribution < -0.4 is 4.74 Å². The third kappa shape index (κ3) is 3.07. The Labute approximate surface area is 90.6 Å². The van der Waals surface area contributed by atoms with Gasteiger partial charge in [0.25, 0.3) is 0 Å². The van der Waals surface area contributed by atoms with Gasteiger partial charge in [0.1, 0.15) is 0 Å². The number of halogens is 5. The molecule has 7 heteroatoms. The Morgan fingerprint density at radius 2 is 1.93 bits per heavy atom. The number of hydrogen-bond donors (Lipinski definition) is 1. The summed E-state index contributed by atoms with van der Waals surface area (Å²) in [6, 6.07) is 1.99. The summed E-state index contributed by atoms with van der Waals surface area (Å²) in [5.74, 6) is -2.20. The smallest absolute Gasteiger partial charge is 0.403 e. The summed E-state index contributed by atoms with van der Waals surface area (Å²) in [7, 11) is 0. The van der Waals surface area contributed by atoms with Gasteiger partial charge in [-0.15, -0.1) is 13.2 Å². The van der Waals surface area contributed by atoms with Crippen molar-refractivity contribution in [1.82, 2.24) is 0 Å². The normalized spacial score (nSPS) is 11.6. The summed E-state index contributed by atoms with van der Waals surface area (Å²) >= 11 is 2.88. The Kier molecular flexibility index (Phi) is 3.56. The molecule has 0 aliphatic rings. The molecule has 0 spiro atoms. The molecule has 1 rings (SSSR count). The lowest BCUT2D eigenvalue weighted by Gasteiger charge is -2.11. The summed E-state index contributed by atoms with van der Waals surface area (Å²) in [5, 5.41) is 8.72. The van der Waals surface area contributed by atoms with Crippen LogP contribution in [0, 0.1) is 5.82 Å². The second-order valence-electron chi connectivity index (χ2n) is 2.54. The number of alkyl halides is 3. The van der Waals surface area contributed by atoms with Crippen molar-refractivity contribution in [3.8, 4) is 5.75 Å². The molecule has 1 aromatic rings. The second kappa shape index (κ2) is 4.36. The van der Waals surface area contributed by atoms with Crippen LogP contribution in [0.25, 0.3) is 0 Å². The molecule has 0 saturated heterocycles. The minimum atomic E-state index is -4.96. The Balaban J connectivity index is 3.11. The lowest BCUT2D eigenvalue weighted by atomic mass is 10.2. The monoisotopic (exact) mass is 288 g/mol. The highest BCUT2D eigenvalue weighted by atomic mass is 79.9. The van der Waals surface area contributed by atoms with Crippen LogP contribution in [-0.2, 0) is 6.61 Å². The molecular formula is C8H5BrF4O2. The van der Waals surface area contributed by atoms with E-state index in [1.807, 2.05) is 0 Å². The van der Waals surface area contributed by atoms with Gasteiger partial charge in [-0.05, 0) is 12.1 Å². The van der Waals surface area contributed by atoms with E-state index in [0.717, 1.165) is 12.1 Å². The molecule has 0 aliphatic heterocycles. The zero-order valence-electron chi connectivity index (χ0n) is 7.11. The fourth-order valence-corrected chi connectivity index (χ4v) is 1.36. The minimum absolute atomic E-state index is 0.178. The van der Waals surface area contributed by atoms with Gasteiger partial charge in [0, 0.05) is 10.0 Å². The fraction of sp³-hybridized carbons (Fsp3) is 0.250. The van der Waals surface area contributed by atoms with E-state index in [1.165, 1.54) is 0 Å². The van der Waals surface area contributed by atoms with Crippen molar-refractivity contribution < 1.29 is 27.4 Å². The molecule has 1 N–H and O–H groups in total. The van der Waals surface area contributed by atoms with Crippen LogP contribution in [0.5, 0.6) is 5.75 Å². The molecule has 0 fully saturated rings. The average molecular weight is 289 g/mol. The third-order valence-electron chi connectivity index (χ3n) is 1.53.